The molecule has 18 rings (SSSR count). The smallest absolute Gasteiger partial charge is 0.252 e. The summed E-state index contributed by atoms with van der Waals surface area (Å²) in [6, 6.07) is 141. The topological polar surface area (TPSA) is 11.4 Å². The van der Waals surface area contributed by atoms with E-state index in [-0.39, 0.29) is 28.4 Å². The lowest BCUT2D eigenvalue weighted by Gasteiger charge is -2.46. The van der Waals surface area contributed by atoms with E-state index in [0.717, 1.165) is 39.5 Å². The van der Waals surface area contributed by atoms with E-state index in [1.807, 2.05) is 0 Å². The molecule has 0 radical (unpaired) electrons. The Bertz CT molecular complexity index is 5570. The Kier molecular flexibility index (Phi) is 17.7. The Hall–Kier alpha value is -11.8. The van der Waals surface area contributed by atoms with E-state index in [0.29, 0.717) is 0 Å². The molecule has 1 aromatic heterocycles. The summed E-state index contributed by atoms with van der Waals surface area (Å²) in [5, 5.41) is 13.1. The first-order valence-corrected chi connectivity index (χ1v) is 44.0. The third kappa shape index (κ3) is 12.2. The summed E-state index contributed by atoms with van der Waals surface area (Å²) in [4.78, 5) is 5.35. The molecule has 16 aromatic rings. The van der Waals surface area contributed by atoms with Crippen molar-refractivity contribution >= 4 is 137 Å². The van der Waals surface area contributed by atoms with Gasteiger partial charge in [-0.05, 0) is 185 Å². The van der Waals surface area contributed by atoms with E-state index in [1.54, 1.807) is 0 Å². The third-order valence-electron chi connectivity index (χ3n) is 24.2. The monoisotopic (exact) mass is 1480 g/mol. The van der Waals surface area contributed by atoms with Gasteiger partial charge in [0, 0.05) is 44.9 Å². The quantitative estimate of drug-likeness (QED) is 0.0842. The molecule has 2 aliphatic rings. The molecule has 2 aliphatic heterocycles. The summed E-state index contributed by atoms with van der Waals surface area (Å²) in [6.45, 7) is 27.9. The predicted octanol–water partition coefficient (Wildman–Crippen LogP) is 20.1. The van der Waals surface area contributed by atoms with Crippen LogP contribution in [0.5, 0.6) is 0 Å². The molecule has 0 fully saturated rings. The number of anilines is 6. The number of hydrogen-bond donors (Lipinski definition) is 0. The van der Waals surface area contributed by atoms with Gasteiger partial charge < -0.3 is 14.4 Å². The summed E-state index contributed by atoms with van der Waals surface area (Å²) >= 11 is 0. The van der Waals surface area contributed by atoms with Gasteiger partial charge in [-0.1, -0.05) is 386 Å². The second-order valence-corrected chi connectivity index (χ2v) is 42.9. The molecule has 0 saturated heterocycles. The van der Waals surface area contributed by atoms with Crippen molar-refractivity contribution in [3.63, 3.8) is 0 Å². The fraction of sp³-hybridized carbons (Fsp3) is 0.151. The number of hydrogen-bond acceptors (Lipinski definition) is 2. The van der Waals surface area contributed by atoms with Gasteiger partial charge in [-0.25, -0.2) is 0 Å². The highest BCUT2D eigenvalue weighted by Crippen LogP contribution is 2.48. The van der Waals surface area contributed by atoms with Gasteiger partial charge in [0.25, 0.3) is 6.71 Å². The van der Waals surface area contributed by atoms with E-state index in [1.165, 1.54) is 125 Å². The zero-order valence-electron chi connectivity index (χ0n) is 66.6. The Morgan fingerprint density at radius 3 is 0.786 bits per heavy atom. The van der Waals surface area contributed by atoms with Crippen molar-refractivity contribution < 1.29 is 0 Å². The van der Waals surface area contributed by atoms with Crippen LogP contribution in [-0.4, -0.2) is 27.4 Å². The van der Waals surface area contributed by atoms with Crippen molar-refractivity contribution in [2.75, 3.05) is 9.80 Å². The molecular formula is C106H96BN3Si2. The lowest BCUT2D eigenvalue weighted by molar-refractivity contribution is 0.568. The SMILES string of the molecule is CC(C)(C)c1cc(-c2ccc(N3c4cc([Si](c5ccccc5)(c5ccccc5)c5ccccc5)ccc4B4c5ccc([Si](c6ccccc6)(c6ccccc6)c6ccccc6)cc5N(c5ccc(-c6cc(C(C)(C)C)cc(C(C)(C)C)c6)cc5)c5cc(-n6c7ccccc7c7ccccc76)cc3c54)cc2)cc(C(C)(C)C)c1. The maximum atomic E-state index is 2.68. The van der Waals surface area contributed by atoms with Crippen molar-refractivity contribution in [3.05, 3.63) is 386 Å². The largest absolute Gasteiger partial charge is 0.311 e. The third-order valence-corrected chi connectivity index (χ3v) is 33.8. The highest BCUT2D eigenvalue weighted by molar-refractivity contribution is 7.20. The molecule has 546 valence electrons. The van der Waals surface area contributed by atoms with E-state index >= 15 is 0 Å². The summed E-state index contributed by atoms with van der Waals surface area (Å²) in [5.74, 6) is 0. The van der Waals surface area contributed by atoms with Gasteiger partial charge in [-0.15, -0.1) is 0 Å². The summed E-state index contributed by atoms with van der Waals surface area (Å²) in [6.07, 6.45) is 0. The molecule has 0 bridgehead atoms. The van der Waals surface area contributed by atoms with Crippen molar-refractivity contribution in [2.45, 2.75) is 105 Å². The van der Waals surface area contributed by atoms with E-state index < -0.39 is 16.1 Å². The maximum absolute atomic E-state index is 3.16. The Balaban J connectivity index is 0.981. The van der Waals surface area contributed by atoms with Gasteiger partial charge in [0.15, 0.2) is 16.1 Å². The Morgan fingerprint density at radius 1 is 0.223 bits per heavy atom. The van der Waals surface area contributed by atoms with Gasteiger partial charge >= 0.3 is 0 Å². The number of fused-ring (bicyclic) bond motifs is 7. The summed E-state index contributed by atoms with van der Waals surface area (Å²) in [5.41, 5.74) is 23.9. The minimum absolute atomic E-state index is 0.0545. The second-order valence-electron chi connectivity index (χ2n) is 35.3. The maximum Gasteiger partial charge on any atom is 0.252 e. The van der Waals surface area contributed by atoms with Crippen LogP contribution in [0.4, 0.5) is 34.1 Å². The van der Waals surface area contributed by atoms with Crippen LogP contribution in [0.15, 0.2) is 364 Å². The van der Waals surface area contributed by atoms with Crippen LogP contribution in [0, 0.1) is 0 Å². The molecule has 0 aliphatic carbocycles. The van der Waals surface area contributed by atoms with Crippen molar-refractivity contribution in [2.24, 2.45) is 0 Å². The van der Waals surface area contributed by atoms with Gasteiger partial charge in [-0.2, -0.15) is 0 Å². The van der Waals surface area contributed by atoms with Crippen LogP contribution < -0.4 is 67.7 Å². The molecule has 0 atom stereocenters. The first-order chi connectivity index (χ1) is 54.1. The average Bonchev–Trinajstić information content (AvgIpc) is 0.923. The van der Waals surface area contributed by atoms with Gasteiger partial charge in [0.05, 0.1) is 16.7 Å². The molecule has 15 aromatic carbocycles. The number of aromatic nitrogens is 1. The first kappa shape index (κ1) is 71.8. The Labute approximate surface area is 665 Å². The standard InChI is InChI=1S/C106H96BN3Si2/c1-103(2,3)77-63-75(64-78(67-77)104(4,5)6)73-51-55-81(56-52-73)108-98-71-90(111(84-35-19-13-20-36-84,85-37-21-14-22-38-85)86-39-23-15-24-40-86)59-61-94(98)107-95-62-60-91(112(87-41-25-16-26-42-87,88-43-27-17-28-44-88)89-45-29-18-30-46-89)72-99(95)109(82-57-53-74(54-58-82)76-65-79(105(7,8)9)68-80(66-76)106(10,11)12)101-70-83(69-100(108)102(101)107)110-96-49-33-31-47-92(96)93-48-32-34-50-97(93)110/h13-72H,1-12H3. The lowest BCUT2D eigenvalue weighted by atomic mass is 9.33. The van der Waals surface area contributed by atoms with Crippen molar-refractivity contribution in [3.8, 4) is 27.9 Å². The predicted molar refractivity (Wildman–Crippen MR) is 488 cm³/mol. The lowest BCUT2D eigenvalue weighted by Crippen LogP contribution is -2.75. The molecule has 0 spiro atoms. The molecule has 3 nitrogen and oxygen atoms in total. The fourth-order valence-corrected chi connectivity index (χ4v) is 27.9. The second kappa shape index (κ2) is 27.6. The van der Waals surface area contributed by atoms with Crippen LogP contribution in [0.2, 0.25) is 0 Å². The zero-order chi connectivity index (χ0) is 77.1. The minimum Gasteiger partial charge on any atom is -0.311 e. The minimum atomic E-state index is -3.16. The van der Waals surface area contributed by atoms with Crippen LogP contribution in [0.3, 0.4) is 0 Å². The molecule has 0 unspecified atom stereocenters. The average molecular weight is 1480 g/mol. The number of benzene rings is 15. The molecule has 112 heavy (non-hydrogen) atoms. The van der Waals surface area contributed by atoms with Gasteiger partial charge in [-0.3, -0.25) is 0 Å². The molecule has 0 amide bonds. The van der Waals surface area contributed by atoms with Crippen LogP contribution in [-0.2, 0) is 21.7 Å². The molecular weight excluding hydrogens is 1380 g/mol. The van der Waals surface area contributed by atoms with Crippen LogP contribution in [0.1, 0.15) is 105 Å². The molecule has 0 saturated carbocycles. The van der Waals surface area contributed by atoms with E-state index in [4.69, 9.17) is 0 Å². The number of para-hydroxylation sites is 2. The zero-order valence-corrected chi connectivity index (χ0v) is 68.6. The van der Waals surface area contributed by atoms with Crippen LogP contribution in [0.25, 0.3) is 49.7 Å². The van der Waals surface area contributed by atoms with Gasteiger partial charge in [0.1, 0.15) is 0 Å². The van der Waals surface area contributed by atoms with Crippen molar-refractivity contribution in [1.29, 1.82) is 0 Å². The highest BCUT2D eigenvalue weighted by atomic mass is 28.3. The number of rotatable bonds is 13. The first-order valence-electron chi connectivity index (χ1n) is 40.0. The van der Waals surface area contributed by atoms with E-state index in [9.17, 15) is 0 Å². The fourth-order valence-electron chi connectivity index (χ4n) is 18.4. The van der Waals surface area contributed by atoms with Gasteiger partial charge in [0.2, 0.25) is 0 Å². The summed E-state index contributed by atoms with van der Waals surface area (Å²) < 4.78 is 2.55. The molecule has 6 heteroatoms. The molecule has 3 heterocycles. The van der Waals surface area contributed by atoms with Crippen molar-refractivity contribution in [1.82, 2.24) is 4.57 Å². The van der Waals surface area contributed by atoms with Crippen LogP contribution >= 0.6 is 0 Å². The summed E-state index contributed by atoms with van der Waals surface area (Å²) in [7, 11) is -6.32. The molecule has 0 N–H and O–H groups in total. The number of nitrogens with zero attached hydrogens (tertiary/aromatic N) is 3. The van der Waals surface area contributed by atoms with E-state index in [2.05, 4.69) is 461 Å². The normalized spacial score (nSPS) is 13.1. The highest BCUT2D eigenvalue weighted by Gasteiger charge is 2.49. The Morgan fingerprint density at radius 2 is 0.500 bits per heavy atom.